The van der Waals surface area contributed by atoms with Crippen LogP contribution in [0, 0.1) is 0 Å². The molecular formula is C20H21O4P. The molecule has 1 unspecified atom stereocenters. The smallest absolute Gasteiger partial charge is 0.410 e. The van der Waals surface area contributed by atoms with Gasteiger partial charge in [0, 0.05) is 11.6 Å². The summed E-state index contributed by atoms with van der Waals surface area (Å²) in [7, 11) is -1.81. The topological polar surface area (TPSA) is 44.8 Å². The highest BCUT2D eigenvalue weighted by atomic mass is 31.2. The van der Waals surface area contributed by atoms with Crippen LogP contribution in [0.5, 0.6) is 11.5 Å². The number of hydrogen-bond donors (Lipinski definition) is 0. The molecule has 3 rings (SSSR count). The Balaban J connectivity index is 1.90. The van der Waals surface area contributed by atoms with Crippen LogP contribution in [0.2, 0.25) is 0 Å². The van der Waals surface area contributed by atoms with Crippen molar-refractivity contribution < 1.29 is 18.3 Å². The van der Waals surface area contributed by atoms with Crippen molar-refractivity contribution in [1.29, 1.82) is 0 Å². The summed E-state index contributed by atoms with van der Waals surface area (Å²) in [5, 5.41) is 0.558. The Hall–Kier alpha value is -2.29. The van der Waals surface area contributed by atoms with Gasteiger partial charge in [-0.05, 0) is 43.2 Å². The third-order valence-corrected chi connectivity index (χ3v) is 5.79. The highest BCUT2D eigenvalue weighted by molar-refractivity contribution is 7.59. The van der Waals surface area contributed by atoms with Crippen molar-refractivity contribution in [2.75, 3.05) is 13.7 Å². The van der Waals surface area contributed by atoms with Gasteiger partial charge in [0.05, 0.1) is 19.0 Å². The van der Waals surface area contributed by atoms with E-state index >= 15 is 0 Å². The fourth-order valence-electron chi connectivity index (χ4n) is 2.60. The monoisotopic (exact) mass is 356 g/mol. The van der Waals surface area contributed by atoms with Gasteiger partial charge in [-0.25, -0.2) is 4.57 Å². The van der Waals surface area contributed by atoms with Gasteiger partial charge in [0.2, 0.25) is 0 Å². The molecule has 0 radical (unpaired) electrons. The molecule has 25 heavy (non-hydrogen) atoms. The number of methoxy groups -OCH3 is 1. The maximum absolute atomic E-state index is 13.2. The van der Waals surface area contributed by atoms with Gasteiger partial charge in [-0.2, -0.15) is 0 Å². The Morgan fingerprint density at radius 2 is 1.96 bits per heavy atom. The van der Waals surface area contributed by atoms with Gasteiger partial charge in [0.25, 0.3) is 0 Å². The number of benzene rings is 2. The first-order valence-corrected chi connectivity index (χ1v) is 9.74. The SMILES string of the molecule is CCOP1(=O)Oc2cc(OC)ccc2C=C1/C=C/Cc1ccccc1. The minimum absolute atomic E-state index is 0.306. The lowest BCUT2D eigenvalue weighted by Crippen LogP contribution is -2.05. The van der Waals surface area contributed by atoms with E-state index in [9.17, 15) is 4.57 Å². The molecule has 1 aliphatic rings. The maximum Gasteiger partial charge on any atom is 0.410 e. The molecule has 1 aliphatic heterocycles. The fraction of sp³-hybridized carbons (Fsp3) is 0.200. The normalized spacial score (nSPS) is 19.2. The van der Waals surface area contributed by atoms with Crippen LogP contribution in [-0.2, 0) is 15.5 Å². The maximum atomic E-state index is 13.2. The molecule has 1 heterocycles. The summed E-state index contributed by atoms with van der Waals surface area (Å²) < 4.78 is 29.6. The van der Waals surface area contributed by atoms with Crippen molar-refractivity contribution in [3.05, 3.63) is 77.1 Å². The Morgan fingerprint density at radius 1 is 1.16 bits per heavy atom. The van der Waals surface area contributed by atoms with E-state index in [0.29, 0.717) is 23.4 Å². The van der Waals surface area contributed by atoms with Gasteiger partial charge in [0.1, 0.15) is 11.5 Å². The molecule has 130 valence electrons. The second-order valence-electron chi connectivity index (χ2n) is 5.57. The van der Waals surface area contributed by atoms with Crippen molar-refractivity contribution in [3.63, 3.8) is 0 Å². The Morgan fingerprint density at radius 3 is 2.68 bits per heavy atom. The predicted octanol–water partition coefficient (Wildman–Crippen LogP) is 5.46. The second kappa shape index (κ2) is 7.73. The van der Waals surface area contributed by atoms with Crippen LogP contribution in [0.15, 0.2) is 66.0 Å². The minimum Gasteiger partial charge on any atom is -0.497 e. The van der Waals surface area contributed by atoms with Gasteiger partial charge in [-0.1, -0.05) is 36.4 Å². The lowest BCUT2D eigenvalue weighted by Gasteiger charge is -2.25. The van der Waals surface area contributed by atoms with Gasteiger partial charge < -0.3 is 9.26 Å². The first-order chi connectivity index (χ1) is 12.1. The average molecular weight is 356 g/mol. The van der Waals surface area contributed by atoms with Crippen LogP contribution in [0.25, 0.3) is 6.08 Å². The standard InChI is InChI=1S/C20H21O4P/c1-3-23-25(21)19(11-7-10-16-8-5-4-6-9-16)14-17-12-13-18(22-2)15-20(17)24-25/h4-9,11-15H,3,10H2,1-2H3/b11-7+. The largest absolute Gasteiger partial charge is 0.497 e. The summed E-state index contributed by atoms with van der Waals surface area (Å²) >= 11 is 0. The van der Waals surface area contributed by atoms with Crippen molar-refractivity contribution in [2.45, 2.75) is 13.3 Å². The third-order valence-electron chi connectivity index (χ3n) is 3.84. The van der Waals surface area contributed by atoms with Crippen molar-refractivity contribution in [1.82, 2.24) is 0 Å². The summed E-state index contributed by atoms with van der Waals surface area (Å²) in [6, 6.07) is 15.6. The predicted molar refractivity (Wildman–Crippen MR) is 100 cm³/mol. The molecule has 1 atom stereocenters. The lowest BCUT2D eigenvalue weighted by molar-refractivity contribution is 0.285. The average Bonchev–Trinajstić information content (AvgIpc) is 2.62. The molecule has 0 saturated heterocycles. The van der Waals surface area contributed by atoms with Crippen LogP contribution >= 0.6 is 7.60 Å². The first-order valence-electron chi connectivity index (χ1n) is 8.19. The van der Waals surface area contributed by atoms with Crippen molar-refractivity contribution >= 4 is 13.7 Å². The summed E-state index contributed by atoms with van der Waals surface area (Å²) in [4.78, 5) is 0. The van der Waals surface area contributed by atoms with Crippen LogP contribution < -0.4 is 9.26 Å². The molecule has 2 aromatic rings. The van der Waals surface area contributed by atoms with Crippen LogP contribution in [0.1, 0.15) is 18.1 Å². The number of ether oxygens (including phenoxy) is 1. The van der Waals surface area contributed by atoms with Crippen LogP contribution in [0.4, 0.5) is 0 Å². The molecule has 0 aromatic heterocycles. The Kier molecular flexibility index (Phi) is 5.42. The van der Waals surface area contributed by atoms with Gasteiger partial charge in [-0.15, -0.1) is 0 Å². The number of fused-ring (bicyclic) bond motifs is 1. The summed E-state index contributed by atoms with van der Waals surface area (Å²) in [6.45, 7) is 2.11. The van der Waals surface area contributed by atoms with Crippen LogP contribution in [0.3, 0.4) is 0 Å². The van der Waals surface area contributed by atoms with Gasteiger partial charge >= 0.3 is 7.60 Å². The minimum atomic E-state index is -3.39. The molecule has 2 aromatic carbocycles. The van der Waals surface area contributed by atoms with E-state index in [-0.39, 0.29) is 0 Å². The van der Waals surface area contributed by atoms with Crippen molar-refractivity contribution in [2.24, 2.45) is 0 Å². The number of rotatable bonds is 6. The zero-order valence-electron chi connectivity index (χ0n) is 14.3. The molecule has 5 heteroatoms. The molecule has 0 saturated carbocycles. The van der Waals surface area contributed by atoms with E-state index in [2.05, 4.69) is 12.1 Å². The zero-order chi connectivity index (χ0) is 17.7. The molecule has 0 aliphatic carbocycles. The molecule has 0 amide bonds. The van der Waals surface area contributed by atoms with Gasteiger partial charge in [0.15, 0.2) is 0 Å². The molecule has 0 N–H and O–H groups in total. The number of allylic oxidation sites excluding steroid dienone is 3. The second-order valence-corrected chi connectivity index (χ2v) is 7.52. The van der Waals surface area contributed by atoms with Crippen LogP contribution in [-0.4, -0.2) is 13.7 Å². The van der Waals surface area contributed by atoms with E-state index in [1.54, 1.807) is 20.1 Å². The highest BCUT2D eigenvalue weighted by Crippen LogP contribution is 2.60. The summed E-state index contributed by atoms with van der Waals surface area (Å²) in [6.07, 6.45) is 6.41. The first kappa shape index (κ1) is 17.5. The van der Waals surface area contributed by atoms with Gasteiger partial charge in [-0.3, -0.25) is 4.52 Å². The van der Waals surface area contributed by atoms with E-state index < -0.39 is 7.60 Å². The quantitative estimate of drug-likeness (QED) is 0.645. The van der Waals surface area contributed by atoms with E-state index in [4.69, 9.17) is 13.8 Å². The van der Waals surface area contributed by atoms with Crippen molar-refractivity contribution in [3.8, 4) is 11.5 Å². The van der Waals surface area contributed by atoms with E-state index in [1.807, 2.05) is 48.6 Å². The molecule has 0 bridgehead atoms. The molecule has 0 fully saturated rings. The molecule has 0 spiro atoms. The van der Waals surface area contributed by atoms with E-state index in [0.717, 1.165) is 12.0 Å². The zero-order valence-corrected chi connectivity index (χ0v) is 15.2. The summed E-state index contributed by atoms with van der Waals surface area (Å²) in [5.41, 5.74) is 2.04. The Labute approximate surface area is 148 Å². The Bertz CT molecular complexity index is 840. The van der Waals surface area contributed by atoms with E-state index in [1.165, 1.54) is 5.56 Å². The molecule has 4 nitrogen and oxygen atoms in total. The number of hydrogen-bond acceptors (Lipinski definition) is 4. The third kappa shape index (κ3) is 4.04. The lowest BCUT2D eigenvalue weighted by atomic mass is 10.1. The summed E-state index contributed by atoms with van der Waals surface area (Å²) in [5.74, 6) is 1.16. The molecular weight excluding hydrogens is 335 g/mol. The highest BCUT2D eigenvalue weighted by Gasteiger charge is 2.34. The fourth-order valence-corrected chi connectivity index (χ4v) is 4.25.